The molecule has 0 saturated carbocycles. The maximum Gasteiger partial charge on any atom is 0.0112 e. The van der Waals surface area contributed by atoms with Gasteiger partial charge in [-0.15, -0.1) is 0 Å². The first-order chi connectivity index (χ1) is 9.11. The predicted octanol–water partition coefficient (Wildman–Crippen LogP) is 3.33. The second-order valence-corrected chi connectivity index (χ2v) is 5.76. The van der Waals surface area contributed by atoms with Crippen molar-refractivity contribution in [1.29, 1.82) is 0 Å². The summed E-state index contributed by atoms with van der Waals surface area (Å²) in [7, 11) is 0. The summed E-state index contributed by atoms with van der Waals surface area (Å²) >= 11 is 0. The number of rotatable bonds is 9. The van der Waals surface area contributed by atoms with Crippen LogP contribution >= 0.6 is 0 Å². The van der Waals surface area contributed by atoms with Crippen LogP contribution in [0.5, 0.6) is 0 Å². The largest absolute Gasteiger partial charge is 0.315 e. The molecule has 0 bridgehead atoms. The van der Waals surface area contributed by atoms with Gasteiger partial charge in [-0.25, -0.2) is 0 Å². The molecule has 108 valence electrons. The maximum absolute atomic E-state index is 3.55. The molecule has 0 amide bonds. The van der Waals surface area contributed by atoms with E-state index in [-0.39, 0.29) is 0 Å². The molecule has 0 fully saturated rings. The molecule has 0 aliphatic carbocycles. The molecule has 19 heavy (non-hydrogen) atoms. The maximum atomic E-state index is 3.55. The van der Waals surface area contributed by atoms with E-state index in [1.165, 1.54) is 18.4 Å². The minimum atomic E-state index is 0.631. The second-order valence-electron chi connectivity index (χ2n) is 5.76. The van der Waals surface area contributed by atoms with Crippen molar-refractivity contribution < 1.29 is 0 Å². The average molecular weight is 262 g/mol. The zero-order valence-corrected chi connectivity index (χ0v) is 13.0. The van der Waals surface area contributed by atoms with Gasteiger partial charge in [0.2, 0.25) is 0 Å². The fourth-order valence-electron chi connectivity index (χ4n) is 2.51. The quantitative estimate of drug-likeness (QED) is 0.687. The zero-order valence-electron chi connectivity index (χ0n) is 13.0. The van der Waals surface area contributed by atoms with Crippen molar-refractivity contribution in [3.05, 3.63) is 35.9 Å². The molecular weight excluding hydrogens is 232 g/mol. The first-order valence-corrected chi connectivity index (χ1v) is 7.61. The Morgan fingerprint density at radius 3 is 2.16 bits per heavy atom. The Morgan fingerprint density at radius 2 is 1.58 bits per heavy atom. The highest BCUT2D eigenvalue weighted by molar-refractivity contribution is 5.14. The number of aryl methyl sites for hydroxylation is 1. The van der Waals surface area contributed by atoms with Gasteiger partial charge in [-0.1, -0.05) is 30.3 Å². The van der Waals surface area contributed by atoms with Gasteiger partial charge >= 0.3 is 0 Å². The standard InChI is InChI=1S/C17H30N2/c1-15(2)19(16(3)4)14-13-18-12-8-11-17-9-6-5-7-10-17/h5-7,9-10,15-16,18H,8,11-14H2,1-4H3. The summed E-state index contributed by atoms with van der Waals surface area (Å²) in [5, 5.41) is 3.55. The Balaban J connectivity index is 2.08. The van der Waals surface area contributed by atoms with Crippen LogP contribution in [0.1, 0.15) is 39.7 Å². The highest BCUT2D eigenvalue weighted by Gasteiger charge is 2.11. The lowest BCUT2D eigenvalue weighted by molar-refractivity contribution is 0.176. The summed E-state index contributed by atoms with van der Waals surface area (Å²) in [4.78, 5) is 2.53. The average Bonchev–Trinajstić information content (AvgIpc) is 2.38. The van der Waals surface area contributed by atoms with Gasteiger partial charge in [0.05, 0.1) is 0 Å². The zero-order chi connectivity index (χ0) is 14.1. The van der Waals surface area contributed by atoms with Crippen LogP contribution in [0.3, 0.4) is 0 Å². The van der Waals surface area contributed by atoms with Gasteiger partial charge in [0.25, 0.3) is 0 Å². The lowest BCUT2D eigenvalue weighted by Gasteiger charge is -2.30. The van der Waals surface area contributed by atoms with Gasteiger partial charge in [-0.3, -0.25) is 4.90 Å². The second kappa shape index (κ2) is 9.11. The Morgan fingerprint density at radius 1 is 0.947 bits per heavy atom. The van der Waals surface area contributed by atoms with Crippen LogP contribution in [0.4, 0.5) is 0 Å². The third kappa shape index (κ3) is 6.74. The van der Waals surface area contributed by atoms with Crippen molar-refractivity contribution in [3.8, 4) is 0 Å². The van der Waals surface area contributed by atoms with Gasteiger partial charge in [0.1, 0.15) is 0 Å². The van der Waals surface area contributed by atoms with Gasteiger partial charge in [-0.05, 0) is 52.6 Å². The van der Waals surface area contributed by atoms with Crippen LogP contribution in [-0.4, -0.2) is 36.6 Å². The molecule has 0 unspecified atom stereocenters. The molecule has 0 aromatic heterocycles. The van der Waals surface area contributed by atoms with Gasteiger partial charge in [0, 0.05) is 25.2 Å². The Labute approximate surface area is 119 Å². The van der Waals surface area contributed by atoms with E-state index in [2.05, 4.69) is 68.2 Å². The third-order valence-electron chi connectivity index (χ3n) is 3.54. The summed E-state index contributed by atoms with van der Waals surface area (Å²) in [5.74, 6) is 0. The number of nitrogens with zero attached hydrogens (tertiary/aromatic N) is 1. The molecule has 1 aromatic carbocycles. The summed E-state index contributed by atoms with van der Waals surface area (Å²) in [6, 6.07) is 12.0. The number of hydrogen-bond donors (Lipinski definition) is 1. The Bertz CT molecular complexity index is 311. The Kier molecular flexibility index (Phi) is 7.76. The number of nitrogens with one attached hydrogen (secondary N) is 1. The van der Waals surface area contributed by atoms with E-state index in [1.54, 1.807) is 0 Å². The molecule has 0 saturated heterocycles. The fourth-order valence-corrected chi connectivity index (χ4v) is 2.51. The predicted molar refractivity (Wildman–Crippen MR) is 84.6 cm³/mol. The fraction of sp³-hybridized carbons (Fsp3) is 0.647. The van der Waals surface area contributed by atoms with Crippen molar-refractivity contribution in [2.45, 2.75) is 52.6 Å². The normalized spacial score (nSPS) is 11.7. The lowest BCUT2D eigenvalue weighted by atomic mass is 10.1. The van der Waals surface area contributed by atoms with Crippen LogP contribution in [0.2, 0.25) is 0 Å². The van der Waals surface area contributed by atoms with Crippen molar-refractivity contribution in [2.24, 2.45) is 0 Å². The molecular formula is C17H30N2. The van der Waals surface area contributed by atoms with E-state index in [1.807, 2.05) is 0 Å². The van der Waals surface area contributed by atoms with E-state index in [0.717, 1.165) is 19.6 Å². The Hall–Kier alpha value is -0.860. The van der Waals surface area contributed by atoms with E-state index in [0.29, 0.717) is 12.1 Å². The molecule has 1 rings (SSSR count). The molecule has 2 nitrogen and oxygen atoms in total. The lowest BCUT2D eigenvalue weighted by Crippen LogP contribution is -2.41. The summed E-state index contributed by atoms with van der Waals surface area (Å²) in [6.07, 6.45) is 2.39. The highest BCUT2D eigenvalue weighted by Crippen LogP contribution is 2.04. The molecule has 1 aromatic rings. The molecule has 0 spiro atoms. The summed E-state index contributed by atoms with van der Waals surface area (Å²) in [5.41, 5.74) is 1.44. The molecule has 1 N–H and O–H groups in total. The summed E-state index contributed by atoms with van der Waals surface area (Å²) < 4.78 is 0. The third-order valence-corrected chi connectivity index (χ3v) is 3.54. The monoisotopic (exact) mass is 262 g/mol. The van der Waals surface area contributed by atoms with E-state index < -0.39 is 0 Å². The number of hydrogen-bond acceptors (Lipinski definition) is 2. The first-order valence-electron chi connectivity index (χ1n) is 7.61. The minimum Gasteiger partial charge on any atom is -0.315 e. The van der Waals surface area contributed by atoms with E-state index >= 15 is 0 Å². The van der Waals surface area contributed by atoms with Crippen LogP contribution in [0, 0.1) is 0 Å². The molecule has 0 heterocycles. The first kappa shape index (κ1) is 16.2. The van der Waals surface area contributed by atoms with Gasteiger partial charge < -0.3 is 5.32 Å². The van der Waals surface area contributed by atoms with Gasteiger partial charge in [0.15, 0.2) is 0 Å². The topological polar surface area (TPSA) is 15.3 Å². The molecule has 2 heteroatoms. The smallest absolute Gasteiger partial charge is 0.0112 e. The van der Waals surface area contributed by atoms with E-state index in [9.17, 15) is 0 Å². The highest BCUT2D eigenvalue weighted by atomic mass is 15.2. The van der Waals surface area contributed by atoms with Crippen molar-refractivity contribution in [1.82, 2.24) is 10.2 Å². The van der Waals surface area contributed by atoms with Crippen LogP contribution in [0.15, 0.2) is 30.3 Å². The summed E-state index contributed by atoms with van der Waals surface area (Å²) in [6.45, 7) is 12.4. The van der Waals surface area contributed by atoms with Crippen molar-refractivity contribution in [2.75, 3.05) is 19.6 Å². The number of benzene rings is 1. The minimum absolute atomic E-state index is 0.631. The van der Waals surface area contributed by atoms with E-state index in [4.69, 9.17) is 0 Å². The SMILES string of the molecule is CC(C)N(CCNCCCc1ccccc1)C(C)C. The van der Waals surface area contributed by atoms with Crippen LogP contribution < -0.4 is 5.32 Å². The van der Waals surface area contributed by atoms with Gasteiger partial charge in [-0.2, -0.15) is 0 Å². The van der Waals surface area contributed by atoms with Crippen molar-refractivity contribution >= 4 is 0 Å². The molecule has 0 aliphatic rings. The van der Waals surface area contributed by atoms with Crippen LogP contribution in [-0.2, 0) is 6.42 Å². The molecule has 0 aliphatic heterocycles. The van der Waals surface area contributed by atoms with Crippen molar-refractivity contribution in [3.63, 3.8) is 0 Å². The molecule has 0 atom stereocenters. The van der Waals surface area contributed by atoms with Crippen LogP contribution in [0.25, 0.3) is 0 Å². The molecule has 0 radical (unpaired) electrons.